The summed E-state index contributed by atoms with van der Waals surface area (Å²) in [6, 6.07) is 0.520. The van der Waals surface area contributed by atoms with E-state index in [1.807, 2.05) is 0 Å². The first kappa shape index (κ1) is 18.4. The number of carbonyl (C=O) groups excluding carboxylic acids is 1. The van der Waals surface area contributed by atoms with E-state index in [-0.39, 0.29) is 11.4 Å². The van der Waals surface area contributed by atoms with Crippen molar-refractivity contribution in [2.75, 3.05) is 25.1 Å². The van der Waals surface area contributed by atoms with Gasteiger partial charge in [-0.1, -0.05) is 12.8 Å². The topological polar surface area (TPSA) is 42.4 Å². The first-order valence-corrected chi connectivity index (χ1v) is 7.47. The summed E-state index contributed by atoms with van der Waals surface area (Å²) in [4.78, 5) is 17.3. The number of anilines is 1. The predicted octanol–water partition coefficient (Wildman–Crippen LogP) is 3.90. The Kier molecular flexibility index (Phi) is 5.29. The molecular weight excluding hydrogens is 335 g/mol. The predicted molar refractivity (Wildman–Crippen MR) is 76.2 cm³/mol. The van der Waals surface area contributed by atoms with Gasteiger partial charge in [0.2, 0.25) is 0 Å². The third-order valence-corrected chi connectivity index (χ3v) is 3.90. The molecule has 0 aliphatic carbocycles. The number of methoxy groups -OCH3 is 1. The van der Waals surface area contributed by atoms with Crippen LogP contribution in [0.1, 0.15) is 41.6 Å². The highest BCUT2D eigenvalue weighted by molar-refractivity contribution is 5.95. The van der Waals surface area contributed by atoms with Crippen molar-refractivity contribution < 1.29 is 31.5 Å². The number of aromatic nitrogens is 1. The fraction of sp³-hybridized carbons (Fsp3) is 0.600. The van der Waals surface area contributed by atoms with Gasteiger partial charge in [-0.15, -0.1) is 0 Å². The summed E-state index contributed by atoms with van der Waals surface area (Å²) in [7, 11) is 1.03. The molecule has 1 aliphatic rings. The van der Waals surface area contributed by atoms with Crippen molar-refractivity contribution in [1.29, 1.82) is 0 Å². The third-order valence-electron chi connectivity index (χ3n) is 3.90. The molecule has 0 N–H and O–H groups in total. The number of hydrogen-bond donors (Lipinski definition) is 0. The minimum absolute atomic E-state index is 0.0745. The maximum atomic E-state index is 13.5. The number of alkyl halides is 5. The number of hydrogen-bond acceptors (Lipinski definition) is 4. The maximum Gasteiger partial charge on any atom is 0.458 e. The monoisotopic (exact) mass is 352 g/mol. The lowest BCUT2D eigenvalue weighted by atomic mass is 10.1. The first-order chi connectivity index (χ1) is 11.2. The Morgan fingerprint density at radius 2 is 1.71 bits per heavy atom. The average molecular weight is 352 g/mol. The second-order valence-corrected chi connectivity index (χ2v) is 5.56. The van der Waals surface area contributed by atoms with Gasteiger partial charge in [0.25, 0.3) is 0 Å². The average Bonchev–Trinajstić information content (AvgIpc) is 2.81. The van der Waals surface area contributed by atoms with Crippen LogP contribution in [0, 0.1) is 0 Å². The molecule has 1 saturated heterocycles. The molecule has 0 unspecified atom stereocenters. The van der Waals surface area contributed by atoms with Crippen LogP contribution in [0.15, 0.2) is 12.3 Å². The number of rotatable bonds is 3. The minimum atomic E-state index is -5.77. The van der Waals surface area contributed by atoms with E-state index in [0.29, 0.717) is 25.4 Å². The van der Waals surface area contributed by atoms with Crippen LogP contribution >= 0.6 is 0 Å². The SMILES string of the molecule is COC(=O)c1cc(C(F)(F)C(F)(F)F)cnc1N1CCCCCC1. The first-order valence-electron chi connectivity index (χ1n) is 7.47. The molecule has 0 bridgehead atoms. The lowest BCUT2D eigenvalue weighted by molar-refractivity contribution is -0.289. The molecule has 0 amide bonds. The lowest BCUT2D eigenvalue weighted by Crippen LogP contribution is -2.34. The fourth-order valence-corrected chi connectivity index (χ4v) is 2.59. The summed E-state index contributed by atoms with van der Waals surface area (Å²) in [6.45, 7) is 1.10. The molecule has 1 aromatic heterocycles. The van der Waals surface area contributed by atoms with Gasteiger partial charge in [0.05, 0.1) is 7.11 Å². The maximum absolute atomic E-state index is 13.5. The minimum Gasteiger partial charge on any atom is -0.465 e. The van der Waals surface area contributed by atoms with Crippen LogP contribution in [-0.4, -0.2) is 37.3 Å². The highest BCUT2D eigenvalue weighted by Gasteiger charge is 2.59. The van der Waals surface area contributed by atoms with Crippen LogP contribution in [0.5, 0.6) is 0 Å². The molecule has 0 radical (unpaired) electrons. The molecule has 1 aliphatic heterocycles. The zero-order chi connectivity index (χ0) is 18.0. The van der Waals surface area contributed by atoms with E-state index in [4.69, 9.17) is 0 Å². The number of carbonyl (C=O) groups is 1. The van der Waals surface area contributed by atoms with Gasteiger partial charge in [-0.05, 0) is 18.9 Å². The molecule has 2 heterocycles. The smallest absolute Gasteiger partial charge is 0.458 e. The van der Waals surface area contributed by atoms with Crippen LogP contribution in [0.25, 0.3) is 0 Å². The van der Waals surface area contributed by atoms with Crippen molar-refractivity contribution in [3.05, 3.63) is 23.4 Å². The molecule has 1 fully saturated rings. The van der Waals surface area contributed by atoms with Gasteiger partial charge in [-0.2, -0.15) is 22.0 Å². The lowest BCUT2D eigenvalue weighted by Gasteiger charge is -2.25. The van der Waals surface area contributed by atoms with Crippen molar-refractivity contribution in [2.45, 2.75) is 37.8 Å². The van der Waals surface area contributed by atoms with E-state index >= 15 is 0 Å². The quantitative estimate of drug-likeness (QED) is 0.611. The Bertz CT molecular complexity index is 596. The van der Waals surface area contributed by atoms with Gasteiger partial charge < -0.3 is 9.64 Å². The molecule has 0 spiro atoms. The van der Waals surface area contributed by atoms with Crippen LogP contribution < -0.4 is 4.90 Å². The van der Waals surface area contributed by atoms with Gasteiger partial charge in [-0.25, -0.2) is 9.78 Å². The molecule has 9 heteroatoms. The highest BCUT2D eigenvalue weighted by atomic mass is 19.4. The van der Waals surface area contributed by atoms with E-state index in [0.717, 1.165) is 32.8 Å². The third kappa shape index (κ3) is 3.59. The summed E-state index contributed by atoms with van der Waals surface area (Å²) in [5.41, 5.74) is -1.77. The Balaban J connectivity index is 2.48. The van der Waals surface area contributed by atoms with Gasteiger partial charge in [0, 0.05) is 24.8 Å². The van der Waals surface area contributed by atoms with Crippen molar-refractivity contribution in [3.8, 4) is 0 Å². The molecule has 0 saturated carbocycles. The zero-order valence-electron chi connectivity index (χ0n) is 13.0. The van der Waals surface area contributed by atoms with E-state index < -0.39 is 23.6 Å². The van der Waals surface area contributed by atoms with Crippen molar-refractivity contribution in [1.82, 2.24) is 4.98 Å². The molecular formula is C15H17F5N2O2. The number of pyridine rings is 1. The molecule has 2 rings (SSSR count). The summed E-state index contributed by atoms with van der Waals surface area (Å²) >= 11 is 0. The van der Waals surface area contributed by atoms with Gasteiger partial charge in [0.1, 0.15) is 11.4 Å². The number of ether oxygens (including phenoxy) is 1. The van der Waals surface area contributed by atoms with Crippen LogP contribution in [0.2, 0.25) is 0 Å². The van der Waals surface area contributed by atoms with Crippen LogP contribution in [-0.2, 0) is 10.7 Å². The Morgan fingerprint density at radius 3 is 2.21 bits per heavy atom. The molecule has 24 heavy (non-hydrogen) atoms. The Labute approximate surface area is 135 Å². The standard InChI is InChI=1S/C15H17F5N2O2/c1-24-13(23)11-8-10(14(16,17)15(18,19)20)9-21-12(11)22-6-4-2-3-5-7-22/h8-9H,2-7H2,1H3. The largest absolute Gasteiger partial charge is 0.465 e. The van der Waals surface area contributed by atoms with E-state index in [2.05, 4.69) is 9.72 Å². The second-order valence-electron chi connectivity index (χ2n) is 5.56. The second kappa shape index (κ2) is 6.90. The zero-order valence-corrected chi connectivity index (χ0v) is 13.0. The summed E-state index contributed by atoms with van der Waals surface area (Å²) in [5, 5.41) is 0. The van der Waals surface area contributed by atoms with Gasteiger partial charge in [0.15, 0.2) is 0 Å². The highest BCUT2D eigenvalue weighted by Crippen LogP contribution is 2.44. The number of esters is 1. The van der Waals surface area contributed by atoms with Crippen LogP contribution in [0.4, 0.5) is 27.8 Å². The van der Waals surface area contributed by atoms with Crippen LogP contribution in [0.3, 0.4) is 0 Å². The number of halogens is 5. The molecule has 0 aromatic carbocycles. The van der Waals surface area contributed by atoms with Crippen molar-refractivity contribution in [3.63, 3.8) is 0 Å². The Morgan fingerprint density at radius 1 is 1.12 bits per heavy atom. The summed E-state index contributed by atoms with van der Waals surface area (Å²) < 4.78 is 69.2. The summed E-state index contributed by atoms with van der Waals surface area (Å²) in [5.74, 6) is -6.02. The molecule has 1 aromatic rings. The molecule has 0 atom stereocenters. The van der Waals surface area contributed by atoms with Crippen molar-refractivity contribution in [2.24, 2.45) is 0 Å². The fourth-order valence-electron chi connectivity index (χ4n) is 2.59. The van der Waals surface area contributed by atoms with Gasteiger partial charge in [-0.3, -0.25) is 0 Å². The number of nitrogens with zero attached hydrogens (tertiary/aromatic N) is 2. The molecule has 4 nitrogen and oxygen atoms in total. The normalized spacial score (nSPS) is 16.7. The Hall–Kier alpha value is -1.93. The van der Waals surface area contributed by atoms with Crippen molar-refractivity contribution >= 4 is 11.8 Å². The van der Waals surface area contributed by atoms with E-state index in [9.17, 15) is 26.7 Å². The van der Waals surface area contributed by atoms with E-state index in [1.54, 1.807) is 4.90 Å². The van der Waals surface area contributed by atoms with E-state index in [1.165, 1.54) is 0 Å². The molecule has 134 valence electrons. The van der Waals surface area contributed by atoms with Gasteiger partial charge >= 0.3 is 18.1 Å². The summed E-state index contributed by atoms with van der Waals surface area (Å²) in [6.07, 6.45) is -1.69.